The smallest absolute Gasteiger partial charge is 0.254 e. The fraction of sp³-hybridized carbons (Fsp3) is 0.395. The van der Waals surface area contributed by atoms with Crippen LogP contribution in [0.3, 0.4) is 0 Å². The number of rotatable bonds is 12. The Morgan fingerprint density at radius 2 is 1.79 bits per heavy atom. The van der Waals surface area contributed by atoms with Crippen molar-refractivity contribution in [1.82, 2.24) is 20.5 Å². The Kier molecular flexibility index (Phi) is 11.1. The Hall–Kier alpha value is -4.05. The number of benzene rings is 3. The molecule has 5 rings (SSSR count). The second-order valence-corrected chi connectivity index (χ2v) is 14.2. The molecule has 2 amide bonds. The number of ether oxygens (including phenoxy) is 1. The monoisotopic (exact) mass is 654 g/mol. The van der Waals surface area contributed by atoms with Crippen molar-refractivity contribution in [3.8, 4) is 5.75 Å². The van der Waals surface area contributed by atoms with E-state index in [4.69, 9.17) is 4.74 Å². The average Bonchev–Trinajstić information content (AvgIpc) is 3.73. The molecule has 1 aliphatic heterocycles. The Labute approximate surface area is 282 Å². The summed E-state index contributed by atoms with van der Waals surface area (Å²) in [6.07, 6.45) is 1.31. The van der Waals surface area contributed by atoms with E-state index < -0.39 is 12.1 Å². The van der Waals surface area contributed by atoms with E-state index in [1.54, 1.807) is 29.5 Å². The molecule has 1 aromatic heterocycles. The zero-order valence-corrected chi connectivity index (χ0v) is 28.8. The van der Waals surface area contributed by atoms with Gasteiger partial charge in [-0.25, -0.2) is 4.98 Å². The SMILES string of the molecule is COc1cc(C(=O)N[C@@H](Cc2ccccc2)[C@H](O)CNCc2cccc(C(C)(C)C)c2)cc(C(=O)N2CCCC2c2nc(C)cs2)c1. The molecule has 4 aromatic rings. The van der Waals surface area contributed by atoms with E-state index in [0.29, 0.717) is 36.4 Å². The minimum Gasteiger partial charge on any atom is -0.497 e. The van der Waals surface area contributed by atoms with Crippen molar-refractivity contribution in [2.24, 2.45) is 0 Å². The van der Waals surface area contributed by atoms with E-state index in [0.717, 1.165) is 34.7 Å². The fourth-order valence-corrected chi connectivity index (χ4v) is 6.93. The molecule has 3 aromatic carbocycles. The number of thiazole rings is 1. The van der Waals surface area contributed by atoms with Gasteiger partial charge in [0.25, 0.3) is 11.8 Å². The standard InChI is InChI=1S/C38H46N4O4S/c1-25-24-47-36(40-25)33-15-10-16-42(33)37(45)29-19-28(20-31(21-29)46-5)35(44)41-32(18-26-11-7-6-8-12-26)34(43)23-39-22-27-13-9-14-30(17-27)38(2,3)4/h6-9,11-14,17,19-21,24,32-34,39,43H,10,15-16,18,22-23H2,1-5H3,(H,41,44)/t32-,33?,34+/m0/s1. The number of nitrogens with one attached hydrogen (secondary N) is 2. The fourth-order valence-electron chi connectivity index (χ4n) is 5.99. The molecule has 8 nitrogen and oxygen atoms in total. The second kappa shape index (κ2) is 15.2. The van der Waals surface area contributed by atoms with Crippen LogP contribution in [0.2, 0.25) is 0 Å². The van der Waals surface area contributed by atoms with Gasteiger partial charge in [0.05, 0.1) is 25.3 Å². The first-order valence-corrected chi connectivity index (χ1v) is 17.1. The molecular formula is C38H46N4O4S. The summed E-state index contributed by atoms with van der Waals surface area (Å²) in [5, 5.41) is 20.8. The number of carbonyl (C=O) groups is 2. The third kappa shape index (κ3) is 8.86. The molecule has 0 aliphatic carbocycles. The van der Waals surface area contributed by atoms with E-state index in [1.165, 1.54) is 12.7 Å². The van der Waals surface area contributed by atoms with Crippen LogP contribution in [-0.2, 0) is 18.4 Å². The number of carbonyl (C=O) groups excluding carboxylic acids is 2. The first-order valence-electron chi connectivity index (χ1n) is 16.3. The number of amides is 2. The first kappa shape index (κ1) is 34.3. The molecule has 47 heavy (non-hydrogen) atoms. The molecule has 0 saturated carbocycles. The number of nitrogens with zero attached hydrogens (tertiary/aromatic N) is 2. The number of aliphatic hydroxyl groups excluding tert-OH is 1. The van der Waals surface area contributed by atoms with Crippen molar-refractivity contribution in [3.63, 3.8) is 0 Å². The van der Waals surface area contributed by atoms with Crippen molar-refractivity contribution in [1.29, 1.82) is 0 Å². The number of hydrogen-bond donors (Lipinski definition) is 3. The van der Waals surface area contributed by atoms with Gasteiger partial charge in [-0.05, 0) is 66.5 Å². The van der Waals surface area contributed by atoms with E-state index in [2.05, 4.69) is 60.7 Å². The van der Waals surface area contributed by atoms with Crippen LogP contribution in [0.4, 0.5) is 0 Å². The highest BCUT2D eigenvalue weighted by Crippen LogP contribution is 2.35. The van der Waals surface area contributed by atoms with Crippen LogP contribution in [0.25, 0.3) is 0 Å². The summed E-state index contributed by atoms with van der Waals surface area (Å²) in [4.78, 5) is 34.1. The summed E-state index contributed by atoms with van der Waals surface area (Å²) in [5.74, 6) is -0.126. The van der Waals surface area contributed by atoms with Crippen LogP contribution < -0.4 is 15.4 Å². The predicted molar refractivity (Wildman–Crippen MR) is 187 cm³/mol. The number of methoxy groups -OCH3 is 1. The highest BCUT2D eigenvalue weighted by atomic mass is 32.1. The molecule has 0 spiro atoms. The molecule has 2 heterocycles. The maximum absolute atomic E-state index is 13.8. The van der Waals surface area contributed by atoms with Crippen molar-refractivity contribution < 1.29 is 19.4 Å². The van der Waals surface area contributed by atoms with Crippen LogP contribution in [0, 0.1) is 6.92 Å². The van der Waals surface area contributed by atoms with Gasteiger partial charge in [-0.1, -0.05) is 75.4 Å². The third-order valence-electron chi connectivity index (χ3n) is 8.64. The number of hydrogen-bond acceptors (Lipinski definition) is 7. The zero-order valence-electron chi connectivity index (χ0n) is 28.0. The van der Waals surface area contributed by atoms with Crippen molar-refractivity contribution >= 4 is 23.2 Å². The van der Waals surface area contributed by atoms with Crippen molar-refractivity contribution in [2.45, 2.75) is 77.1 Å². The van der Waals surface area contributed by atoms with Crippen LogP contribution in [0.5, 0.6) is 5.75 Å². The van der Waals surface area contributed by atoms with Gasteiger partial charge in [0.15, 0.2) is 0 Å². The molecule has 9 heteroatoms. The maximum atomic E-state index is 13.8. The molecule has 1 unspecified atom stereocenters. The van der Waals surface area contributed by atoms with Crippen LogP contribution >= 0.6 is 11.3 Å². The molecule has 1 aliphatic rings. The van der Waals surface area contributed by atoms with Gasteiger partial charge in [-0.15, -0.1) is 11.3 Å². The third-order valence-corrected chi connectivity index (χ3v) is 9.71. The Bertz CT molecular complexity index is 1670. The largest absolute Gasteiger partial charge is 0.497 e. The lowest BCUT2D eigenvalue weighted by Crippen LogP contribution is -2.48. The number of aromatic nitrogens is 1. The lowest BCUT2D eigenvalue weighted by molar-refractivity contribution is 0.0735. The van der Waals surface area contributed by atoms with Gasteiger partial charge in [0.2, 0.25) is 0 Å². The Balaban J connectivity index is 1.31. The molecule has 0 radical (unpaired) electrons. The zero-order chi connectivity index (χ0) is 33.6. The normalized spacial score (nSPS) is 16.1. The predicted octanol–water partition coefficient (Wildman–Crippen LogP) is 6.23. The van der Waals surface area contributed by atoms with E-state index in [1.807, 2.05) is 47.5 Å². The summed E-state index contributed by atoms with van der Waals surface area (Å²) in [6, 6.07) is 22.5. The van der Waals surface area contributed by atoms with Crippen molar-refractivity contribution in [2.75, 3.05) is 20.2 Å². The molecule has 1 fully saturated rings. The Morgan fingerprint density at radius 1 is 1.04 bits per heavy atom. The summed E-state index contributed by atoms with van der Waals surface area (Å²) < 4.78 is 5.53. The van der Waals surface area contributed by atoms with Crippen LogP contribution in [-0.4, -0.2) is 59.1 Å². The summed E-state index contributed by atoms with van der Waals surface area (Å²) >= 11 is 1.57. The average molecular weight is 655 g/mol. The summed E-state index contributed by atoms with van der Waals surface area (Å²) in [7, 11) is 1.52. The summed E-state index contributed by atoms with van der Waals surface area (Å²) in [5.41, 5.74) is 5.05. The quantitative estimate of drug-likeness (QED) is 0.168. The number of aryl methyl sites for hydroxylation is 1. The van der Waals surface area contributed by atoms with E-state index in [-0.39, 0.29) is 29.8 Å². The lowest BCUT2D eigenvalue weighted by Gasteiger charge is -2.26. The number of aliphatic hydroxyl groups is 1. The molecule has 3 N–H and O–H groups in total. The maximum Gasteiger partial charge on any atom is 0.254 e. The van der Waals surface area contributed by atoms with Gasteiger partial charge in [0.1, 0.15) is 10.8 Å². The van der Waals surface area contributed by atoms with E-state index >= 15 is 0 Å². The van der Waals surface area contributed by atoms with Crippen LogP contribution in [0.1, 0.15) is 87.8 Å². The van der Waals surface area contributed by atoms with Crippen LogP contribution in [0.15, 0.2) is 78.2 Å². The van der Waals surface area contributed by atoms with Crippen molar-refractivity contribution in [3.05, 3.63) is 117 Å². The van der Waals surface area contributed by atoms with Gasteiger partial charge in [-0.2, -0.15) is 0 Å². The highest BCUT2D eigenvalue weighted by molar-refractivity contribution is 7.09. The molecule has 1 saturated heterocycles. The topological polar surface area (TPSA) is 104 Å². The Morgan fingerprint density at radius 3 is 2.49 bits per heavy atom. The van der Waals surface area contributed by atoms with E-state index in [9.17, 15) is 14.7 Å². The summed E-state index contributed by atoms with van der Waals surface area (Å²) in [6.45, 7) is 10.0. The first-order chi connectivity index (χ1) is 22.5. The minimum absolute atomic E-state index is 0.0434. The lowest BCUT2D eigenvalue weighted by atomic mass is 9.86. The van der Waals surface area contributed by atoms with Gasteiger partial charge >= 0.3 is 0 Å². The highest BCUT2D eigenvalue weighted by Gasteiger charge is 2.33. The minimum atomic E-state index is -0.872. The molecule has 3 atom stereocenters. The van der Waals surface area contributed by atoms with Gasteiger partial charge < -0.3 is 25.4 Å². The molecule has 248 valence electrons. The van der Waals surface area contributed by atoms with Gasteiger partial charge in [0, 0.05) is 41.8 Å². The van der Waals surface area contributed by atoms with Gasteiger partial charge in [-0.3, -0.25) is 9.59 Å². The second-order valence-electron chi connectivity index (χ2n) is 13.4. The number of likely N-dealkylation sites (tertiary alicyclic amines) is 1. The molecular weight excluding hydrogens is 609 g/mol. The molecule has 0 bridgehead atoms.